The van der Waals surface area contributed by atoms with E-state index in [2.05, 4.69) is 42.7 Å². The first-order chi connectivity index (χ1) is 22.5. The van der Waals surface area contributed by atoms with E-state index >= 15 is 0 Å². The number of carboxylic acids is 1. The molecule has 0 radical (unpaired) electrons. The van der Waals surface area contributed by atoms with Crippen molar-refractivity contribution in [3.63, 3.8) is 0 Å². The van der Waals surface area contributed by atoms with Crippen LogP contribution < -0.4 is 0 Å². The molecule has 8 atom stereocenters. The summed E-state index contributed by atoms with van der Waals surface area (Å²) in [6.45, 7) is 4.44. The second-order valence-electron chi connectivity index (χ2n) is 13.3. The van der Waals surface area contributed by atoms with Crippen LogP contribution in [0, 0.1) is 18.8 Å². The number of aliphatic carboxylic acids is 1. The van der Waals surface area contributed by atoms with Gasteiger partial charge < -0.3 is 33.5 Å². The number of carbonyl (C=O) groups is 1. The molecule has 0 bridgehead atoms. The maximum absolute atomic E-state index is 11.0. The van der Waals surface area contributed by atoms with E-state index in [9.17, 15) is 4.79 Å². The first-order valence-electron chi connectivity index (χ1n) is 17.9. The summed E-state index contributed by atoms with van der Waals surface area (Å²) >= 11 is 1.80. The van der Waals surface area contributed by atoms with Crippen LogP contribution in [0.15, 0.2) is 35.8 Å². The summed E-state index contributed by atoms with van der Waals surface area (Å²) < 4.78 is 38.2. The van der Waals surface area contributed by atoms with Gasteiger partial charge in [0.2, 0.25) is 0 Å². The molecule has 46 heavy (non-hydrogen) atoms. The Morgan fingerprint density at radius 2 is 1.63 bits per heavy atom. The molecule has 4 heterocycles. The lowest BCUT2D eigenvalue weighted by Gasteiger charge is -2.30. The van der Waals surface area contributed by atoms with Crippen LogP contribution in [-0.2, 0) is 39.6 Å². The number of thiophene rings is 1. The third-order valence-electron chi connectivity index (χ3n) is 9.81. The van der Waals surface area contributed by atoms with Crippen molar-refractivity contribution in [1.82, 2.24) is 0 Å². The zero-order chi connectivity index (χ0) is 32.0. The largest absolute Gasteiger partial charge is 0.481 e. The molecule has 3 aliphatic heterocycles. The van der Waals surface area contributed by atoms with Gasteiger partial charge in [-0.25, -0.2) is 0 Å². The molecule has 3 saturated heterocycles. The Bertz CT molecular complexity index is 1070. The smallest absolute Gasteiger partial charge is 0.303 e. The topological polar surface area (TPSA) is 92.7 Å². The first-order valence-corrected chi connectivity index (χ1v) is 18.8. The Labute approximate surface area is 279 Å². The Kier molecular flexibility index (Phi) is 15.1. The zero-order valence-electron chi connectivity index (χ0n) is 27.7. The summed E-state index contributed by atoms with van der Waals surface area (Å²) in [4.78, 5) is 12.4. The van der Waals surface area contributed by atoms with Crippen LogP contribution in [0.3, 0.4) is 0 Å². The highest BCUT2D eigenvalue weighted by molar-refractivity contribution is 7.10. The molecule has 9 heteroatoms. The van der Waals surface area contributed by atoms with Crippen molar-refractivity contribution in [3.05, 3.63) is 46.2 Å². The molecule has 8 nitrogen and oxygen atoms in total. The monoisotopic (exact) mass is 660 g/mol. The van der Waals surface area contributed by atoms with Crippen molar-refractivity contribution in [2.75, 3.05) is 19.8 Å². The predicted molar refractivity (Wildman–Crippen MR) is 179 cm³/mol. The molecule has 1 aliphatic carbocycles. The minimum atomic E-state index is -0.746. The number of allylic oxidation sites excluding steroid dienone is 2. The maximum atomic E-state index is 11.0. The van der Waals surface area contributed by atoms with E-state index in [0.717, 1.165) is 110 Å². The highest BCUT2D eigenvalue weighted by Gasteiger charge is 2.45. The maximum Gasteiger partial charge on any atom is 0.303 e. The highest BCUT2D eigenvalue weighted by Crippen LogP contribution is 2.42. The molecule has 4 fully saturated rings. The van der Waals surface area contributed by atoms with Gasteiger partial charge in [0.05, 0.1) is 18.3 Å². The fourth-order valence-corrected chi connectivity index (χ4v) is 7.93. The normalized spacial score (nSPS) is 31.5. The van der Waals surface area contributed by atoms with Gasteiger partial charge >= 0.3 is 5.97 Å². The zero-order valence-corrected chi connectivity index (χ0v) is 28.5. The van der Waals surface area contributed by atoms with Gasteiger partial charge in [0.25, 0.3) is 0 Å². The van der Waals surface area contributed by atoms with Gasteiger partial charge in [-0.3, -0.25) is 4.79 Å². The molecule has 0 aromatic carbocycles. The van der Waals surface area contributed by atoms with Gasteiger partial charge in [-0.05, 0) is 120 Å². The lowest BCUT2D eigenvalue weighted by molar-refractivity contribution is -0.203. The quantitative estimate of drug-likeness (QED) is 0.132. The van der Waals surface area contributed by atoms with Crippen LogP contribution in [0.4, 0.5) is 0 Å². The number of ether oxygens (including phenoxy) is 6. The van der Waals surface area contributed by atoms with Gasteiger partial charge in [0.15, 0.2) is 18.9 Å². The third-order valence-corrected chi connectivity index (χ3v) is 10.7. The lowest BCUT2D eigenvalue weighted by Crippen LogP contribution is -2.31. The Morgan fingerprint density at radius 1 is 0.957 bits per heavy atom. The van der Waals surface area contributed by atoms with Crippen molar-refractivity contribution in [2.45, 2.75) is 147 Å². The van der Waals surface area contributed by atoms with Crippen LogP contribution in [0.2, 0.25) is 0 Å². The average Bonchev–Trinajstić information content (AvgIpc) is 3.63. The fraction of sp³-hybridized carbons (Fsp3) is 0.757. The van der Waals surface area contributed by atoms with E-state index in [1.54, 1.807) is 11.3 Å². The summed E-state index contributed by atoms with van der Waals surface area (Å²) in [6.07, 6.45) is 22.8. The summed E-state index contributed by atoms with van der Waals surface area (Å²) in [5, 5.41) is 11.2. The molecular formula is C37H56O8S. The molecule has 1 aromatic rings. The Hall–Kier alpha value is -1.59. The number of hydrogen-bond donors (Lipinski definition) is 1. The molecule has 1 N–H and O–H groups in total. The second kappa shape index (κ2) is 19.4. The fourth-order valence-electron chi connectivity index (χ4n) is 7.18. The van der Waals surface area contributed by atoms with E-state index in [-0.39, 0.29) is 55.4 Å². The standard InChI is InChI=1S/C37H56O8S/c1-27-28(21-25-46-27)17-18-29(43-35-14-6-9-22-40-35)19-20-31-30(12-4-2-3-5-13-34(38)39)32(44-36-15-7-10-23-41-36)26-33(31)45-37-16-8-11-24-42-37/h2,4,19-21,25,29-33,35-37H,3,5-18,22-24,26H2,1H3,(H,38,39)/b4-2-,20-19+/t29-,30+,31+,32-,33+,35?,36?,37?/m1/s1. The third kappa shape index (κ3) is 11.5. The van der Waals surface area contributed by atoms with Crippen LogP contribution in [0.1, 0.15) is 107 Å². The molecule has 4 aliphatic rings. The average molecular weight is 661 g/mol. The van der Waals surface area contributed by atoms with Crippen LogP contribution in [0.5, 0.6) is 0 Å². The van der Waals surface area contributed by atoms with Gasteiger partial charge in [-0.15, -0.1) is 11.3 Å². The number of aryl methyl sites for hydroxylation is 2. The van der Waals surface area contributed by atoms with Crippen LogP contribution in [-0.4, -0.2) is 68.1 Å². The predicted octanol–water partition coefficient (Wildman–Crippen LogP) is 8.12. The van der Waals surface area contributed by atoms with Gasteiger partial charge in [0, 0.05) is 43.5 Å². The van der Waals surface area contributed by atoms with Crippen molar-refractivity contribution >= 4 is 17.3 Å². The molecule has 1 saturated carbocycles. The molecule has 258 valence electrons. The van der Waals surface area contributed by atoms with Crippen molar-refractivity contribution in [1.29, 1.82) is 0 Å². The summed E-state index contributed by atoms with van der Waals surface area (Å²) in [5.41, 5.74) is 1.39. The lowest BCUT2D eigenvalue weighted by atomic mass is 9.89. The highest BCUT2D eigenvalue weighted by atomic mass is 32.1. The van der Waals surface area contributed by atoms with E-state index in [1.165, 1.54) is 10.4 Å². The number of hydrogen-bond acceptors (Lipinski definition) is 8. The van der Waals surface area contributed by atoms with Crippen molar-refractivity contribution < 1.29 is 38.3 Å². The molecule has 0 spiro atoms. The van der Waals surface area contributed by atoms with Gasteiger partial charge in [-0.2, -0.15) is 0 Å². The number of carboxylic acid groups (broad SMARTS) is 1. The van der Waals surface area contributed by atoms with Gasteiger partial charge in [0.1, 0.15) is 0 Å². The Morgan fingerprint density at radius 3 is 2.24 bits per heavy atom. The molecule has 0 amide bonds. The number of unbranched alkanes of at least 4 members (excludes halogenated alkanes) is 1. The molecule has 3 unspecified atom stereocenters. The first kappa shape index (κ1) is 35.7. The van der Waals surface area contributed by atoms with E-state index in [4.69, 9.17) is 33.5 Å². The number of rotatable bonds is 17. The summed E-state index contributed by atoms with van der Waals surface area (Å²) in [5.74, 6) is -0.439. The van der Waals surface area contributed by atoms with Crippen molar-refractivity contribution in [3.8, 4) is 0 Å². The van der Waals surface area contributed by atoms with E-state index < -0.39 is 5.97 Å². The SMILES string of the molecule is Cc1sccc1CC[C@H](/C=C/[C@H]1[C@H](C/C=C\CCCC(=O)O)[C@H](OC2CCCCO2)C[C@@H]1OC1CCCCO1)OC1CCCCO1. The minimum absolute atomic E-state index is 0.00971. The van der Waals surface area contributed by atoms with E-state index in [0.29, 0.717) is 6.42 Å². The second-order valence-corrected chi connectivity index (χ2v) is 14.4. The summed E-state index contributed by atoms with van der Waals surface area (Å²) in [7, 11) is 0. The van der Waals surface area contributed by atoms with Crippen molar-refractivity contribution in [2.24, 2.45) is 11.8 Å². The molecule has 5 rings (SSSR count). The summed E-state index contributed by atoms with van der Waals surface area (Å²) in [6, 6.07) is 2.23. The minimum Gasteiger partial charge on any atom is -0.481 e. The van der Waals surface area contributed by atoms with Crippen LogP contribution >= 0.6 is 11.3 Å². The Balaban J connectivity index is 1.34. The van der Waals surface area contributed by atoms with Gasteiger partial charge in [-0.1, -0.05) is 24.3 Å². The molecular weight excluding hydrogens is 604 g/mol. The molecule has 1 aromatic heterocycles. The van der Waals surface area contributed by atoms with E-state index in [1.807, 2.05) is 0 Å². The van der Waals surface area contributed by atoms with Crippen LogP contribution in [0.25, 0.3) is 0 Å².